The van der Waals surface area contributed by atoms with Crippen molar-refractivity contribution in [2.75, 3.05) is 5.88 Å². The average molecular weight is 161 g/mol. The molecule has 1 rings (SSSR count). The van der Waals surface area contributed by atoms with Gasteiger partial charge in [0.15, 0.2) is 0 Å². The molecule has 0 aliphatic heterocycles. The van der Waals surface area contributed by atoms with Crippen molar-refractivity contribution in [3.8, 4) is 0 Å². The molecular weight excluding hydrogens is 144 g/mol. The molecule has 1 heteroatoms. The minimum atomic E-state index is 0.567. The number of halogens is 1. The Morgan fingerprint density at radius 2 is 2.20 bits per heavy atom. The first kappa shape index (κ1) is 8.39. The number of rotatable bonds is 4. The third kappa shape index (κ3) is 1.47. The normalized spacial score (nSPS) is 38.1. The van der Waals surface area contributed by atoms with Crippen LogP contribution in [0.5, 0.6) is 0 Å². The summed E-state index contributed by atoms with van der Waals surface area (Å²) in [6.45, 7) is 4.56. The Kier molecular flexibility index (Phi) is 2.62. The van der Waals surface area contributed by atoms with Crippen molar-refractivity contribution in [2.45, 2.75) is 39.5 Å². The zero-order valence-corrected chi connectivity index (χ0v) is 7.75. The Hall–Kier alpha value is 0.290. The van der Waals surface area contributed by atoms with E-state index in [2.05, 4.69) is 13.8 Å². The van der Waals surface area contributed by atoms with Crippen molar-refractivity contribution in [3.63, 3.8) is 0 Å². The van der Waals surface area contributed by atoms with Gasteiger partial charge in [0.05, 0.1) is 0 Å². The molecule has 60 valence electrons. The van der Waals surface area contributed by atoms with Gasteiger partial charge in [0.25, 0.3) is 0 Å². The minimum absolute atomic E-state index is 0.567. The fourth-order valence-corrected chi connectivity index (χ4v) is 2.19. The lowest BCUT2D eigenvalue weighted by Gasteiger charge is -2.10. The quantitative estimate of drug-likeness (QED) is 0.553. The molecule has 2 atom stereocenters. The topological polar surface area (TPSA) is 0 Å². The predicted octanol–water partition coefficient (Wildman–Crippen LogP) is 3.44. The van der Waals surface area contributed by atoms with Crippen molar-refractivity contribution >= 4 is 11.6 Å². The molecule has 0 aromatic heterocycles. The standard InChI is InChI=1S/C9H17Cl/c1-3-4-5-9(7-10)6-8(9)2/h8H,3-7H2,1-2H3. The second kappa shape index (κ2) is 3.13. The number of hydrogen-bond acceptors (Lipinski definition) is 0. The zero-order valence-electron chi connectivity index (χ0n) is 6.99. The van der Waals surface area contributed by atoms with Gasteiger partial charge < -0.3 is 0 Å². The van der Waals surface area contributed by atoms with Gasteiger partial charge in [0.2, 0.25) is 0 Å². The Bertz CT molecular complexity index is 107. The largest absolute Gasteiger partial charge is 0.126 e. The van der Waals surface area contributed by atoms with Crippen LogP contribution in [0.4, 0.5) is 0 Å². The van der Waals surface area contributed by atoms with E-state index in [4.69, 9.17) is 11.6 Å². The maximum Gasteiger partial charge on any atom is 0.0282 e. The molecule has 1 aliphatic rings. The van der Waals surface area contributed by atoms with Crippen LogP contribution in [0, 0.1) is 11.3 Å². The van der Waals surface area contributed by atoms with Crippen LogP contribution in [0.2, 0.25) is 0 Å². The van der Waals surface area contributed by atoms with E-state index in [0.717, 1.165) is 11.8 Å². The van der Waals surface area contributed by atoms with E-state index in [9.17, 15) is 0 Å². The smallest absolute Gasteiger partial charge is 0.0282 e. The first-order chi connectivity index (χ1) is 4.75. The van der Waals surface area contributed by atoms with Crippen LogP contribution in [0.1, 0.15) is 39.5 Å². The summed E-state index contributed by atoms with van der Waals surface area (Å²) >= 11 is 5.89. The molecule has 0 aromatic rings. The van der Waals surface area contributed by atoms with Crippen molar-refractivity contribution in [1.82, 2.24) is 0 Å². The van der Waals surface area contributed by atoms with Gasteiger partial charge in [-0.1, -0.05) is 26.7 Å². The molecule has 0 aromatic carbocycles. The molecule has 0 heterocycles. The maximum atomic E-state index is 5.89. The highest BCUT2D eigenvalue weighted by Gasteiger charge is 2.49. The lowest BCUT2D eigenvalue weighted by molar-refractivity contribution is 0.459. The fourth-order valence-electron chi connectivity index (χ4n) is 1.68. The van der Waals surface area contributed by atoms with Gasteiger partial charge in [0.1, 0.15) is 0 Å². The van der Waals surface area contributed by atoms with Crippen LogP contribution in [0.25, 0.3) is 0 Å². The van der Waals surface area contributed by atoms with Crippen LogP contribution in [0.15, 0.2) is 0 Å². The van der Waals surface area contributed by atoms with E-state index >= 15 is 0 Å². The second-order valence-corrected chi connectivity index (χ2v) is 3.97. The molecule has 1 saturated carbocycles. The molecule has 2 unspecified atom stereocenters. The molecule has 0 amide bonds. The molecule has 1 fully saturated rings. The lowest BCUT2D eigenvalue weighted by atomic mass is 9.99. The van der Waals surface area contributed by atoms with Gasteiger partial charge in [-0.25, -0.2) is 0 Å². The Labute approximate surface area is 69.0 Å². The van der Waals surface area contributed by atoms with Crippen LogP contribution in [-0.2, 0) is 0 Å². The lowest BCUT2D eigenvalue weighted by Crippen LogP contribution is -2.04. The maximum absolute atomic E-state index is 5.89. The monoisotopic (exact) mass is 160 g/mol. The van der Waals surface area contributed by atoms with Gasteiger partial charge in [-0.3, -0.25) is 0 Å². The first-order valence-electron chi connectivity index (χ1n) is 4.31. The summed E-state index contributed by atoms with van der Waals surface area (Å²) in [5, 5.41) is 0. The second-order valence-electron chi connectivity index (χ2n) is 3.70. The minimum Gasteiger partial charge on any atom is -0.126 e. The van der Waals surface area contributed by atoms with Gasteiger partial charge in [-0.05, 0) is 24.2 Å². The molecule has 1 aliphatic carbocycles. The van der Waals surface area contributed by atoms with Crippen molar-refractivity contribution < 1.29 is 0 Å². The van der Waals surface area contributed by atoms with Crippen LogP contribution in [0.3, 0.4) is 0 Å². The van der Waals surface area contributed by atoms with E-state index in [1.165, 1.54) is 25.7 Å². The molecule has 0 N–H and O–H groups in total. The molecule has 0 saturated heterocycles. The highest BCUT2D eigenvalue weighted by Crippen LogP contribution is 2.56. The van der Waals surface area contributed by atoms with Crippen LogP contribution >= 0.6 is 11.6 Å². The molecule has 0 radical (unpaired) electrons. The highest BCUT2D eigenvalue weighted by atomic mass is 35.5. The van der Waals surface area contributed by atoms with Crippen molar-refractivity contribution in [2.24, 2.45) is 11.3 Å². The van der Waals surface area contributed by atoms with E-state index in [1.807, 2.05) is 0 Å². The summed E-state index contributed by atoms with van der Waals surface area (Å²) in [6.07, 6.45) is 5.40. The molecule has 10 heavy (non-hydrogen) atoms. The molecule has 0 bridgehead atoms. The predicted molar refractivity (Wildman–Crippen MR) is 46.5 cm³/mol. The van der Waals surface area contributed by atoms with E-state index in [0.29, 0.717) is 5.41 Å². The Morgan fingerprint density at radius 3 is 2.50 bits per heavy atom. The number of unbranched alkanes of at least 4 members (excludes halogenated alkanes) is 1. The Morgan fingerprint density at radius 1 is 1.60 bits per heavy atom. The Balaban J connectivity index is 2.23. The van der Waals surface area contributed by atoms with Crippen molar-refractivity contribution in [3.05, 3.63) is 0 Å². The van der Waals surface area contributed by atoms with Gasteiger partial charge >= 0.3 is 0 Å². The third-order valence-electron chi connectivity index (χ3n) is 2.89. The third-order valence-corrected chi connectivity index (χ3v) is 3.42. The first-order valence-corrected chi connectivity index (χ1v) is 4.84. The van der Waals surface area contributed by atoms with E-state index in [-0.39, 0.29) is 0 Å². The summed E-state index contributed by atoms with van der Waals surface area (Å²) < 4.78 is 0. The zero-order chi connectivity index (χ0) is 7.61. The average Bonchev–Trinajstić information content (AvgIpc) is 2.59. The summed E-state index contributed by atoms with van der Waals surface area (Å²) in [6, 6.07) is 0. The van der Waals surface area contributed by atoms with Crippen molar-refractivity contribution in [1.29, 1.82) is 0 Å². The summed E-state index contributed by atoms with van der Waals surface area (Å²) in [4.78, 5) is 0. The number of alkyl halides is 1. The summed E-state index contributed by atoms with van der Waals surface area (Å²) in [5.41, 5.74) is 0.567. The van der Waals surface area contributed by atoms with Gasteiger partial charge in [0, 0.05) is 5.88 Å². The molecule has 0 spiro atoms. The van der Waals surface area contributed by atoms with Gasteiger partial charge in [-0.15, -0.1) is 11.6 Å². The van der Waals surface area contributed by atoms with E-state index in [1.54, 1.807) is 0 Å². The summed E-state index contributed by atoms with van der Waals surface area (Å²) in [7, 11) is 0. The SMILES string of the molecule is CCCCC1(CCl)CC1C. The highest BCUT2D eigenvalue weighted by molar-refractivity contribution is 6.18. The van der Waals surface area contributed by atoms with Crippen LogP contribution < -0.4 is 0 Å². The molecule has 0 nitrogen and oxygen atoms in total. The fraction of sp³-hybridized carbons (Fsp3) is 1.00. The van der Waals surface area contributed by atoms with Crippen LogP contribution in [-0.4, -0.2) is 5.88 Å². The number of hydrogen-bond donors (Lipinski definition) is 0. The molecular formula is C9H17Cl. The van der Waals surface area contributed by atoms with E-state index < -0.39 is 0 Å². The summed E-state index contributed by atoms with van der Waals surface area (Å²) in [5.74, 6) is 1.78. The van der Waals surface area contributed by atoms with Gasteiger partial charge in [-0.2, -0.15) is 0 Å².